The summed E-state index contributed by atoms with van der Waals surface area (Å²) in [5, 5.41) is 18.1. The Morgan fingerprint density at radius 1 is 1.56 bits per heavy atom. The van der Waals surface area contributed by atoms with E-state index in [9.17, 15) is 9.18 Å². The zero-order valence-electron chi connectivity index (χ0n) is 13.5. The van der Waals surface area contributed by atoms with Gasteiger partial charge in [0.05, 0.1) is 24.2 Å². The average Bonchev–Trinajstić information content (AvgIpc) is 3.22. The minimum atomic E-state index is -0.409. The number of hydrogen-bond acceptors (Lipinski definition) is 5. The first-order valence-corrected chi connectivity index (χ1v) is 7.69. The number of nitrogens with one attached hydrogen (secondary N) is 1. The first-order valence-electron chi connectivity index (χ1n) is 7.69. The first kappa shape index (κ1) is 16.7. The molecule has 3 rings (SSSR count). The molecule has 1 atom stereocenters. The van der Waals surface area contributed by atoms with Crippen molar-refractivity contribution in [3.8, 4) is 5.69 Å². The Bertz CT molecular complexity index is 844. The number of aromatic nitrogens is 1. The number of oxime groups is 2. The minimum absolute atomic E-state index is 0.134. The molecule has 1 aliphatic rings. The van der Waals surface area contributed by atoms with Gasteiger partial charge in [-0.05, 0) is 18.2 Å². The van der Waals surface area contributed by atoms with Crippen LogP contribution in [0.4, 0.5) is 4.39 Å². The lowest BCUT2D eigenvalue weighted by molar-refractivity contribution is -0.119. The van der Waals surface area contributed by atoms with Crippen LogP contribution in [-0.2, 0) is 9.63 Å². The van der Waals surface area contributed by atoms with Crippen LogP contribution >= 0.6 is 0 Å². The molecule has 25 heavy (non-hydrogen) atoms. The van der Waals surface area contributed by atoms with E-state index < -0.39 is 5.82 Å². The summed E-state index contributed by atoms with van der Waals surface area (Å²) in [4.78, 5) is 16.2. The van der Waals surface area contributed by atoms with Gasteiger partial charge in [0.2, 0.25) is 5.91 Å². The van der Waals surface area contributed by atoms with Gasteiger partial charge in [-0.1, -0.05) is 16.4 Å². The van der Waals surface area contributed by atoms with E-state index in [-0.39, 0.29) is 12.0 Å². The lowest BCUT2D eigenvalue weighted by Crippen LogP contribution is -2.30. The van der Waals surface area contributed by atoms with Crippen molar-refractivity contribution < 1.29 is 19.2 Å². The van der Waals surface area contributed by atoms with Crippen LogP contribution in [0.25, 0.3) is 5.69 Å². The fraction of sp³-hybridized carbons (Fsp3) is 0.235. The second-order valence-corrected chi connectivity index (χ2v) is 5.67. The van der Waals surface area contributed by atoms with Gasteiger partial charge >= 0.3 is 0 Å². The summed E-state index contributed by atoms with van der Waals surface area (Å²) in [5.41, 5.74) is 2.30. The molecule has 130 valence electrons. The van der Waals surface area contributed by atoms with Gasteiger partial charge in [0, 0.05) is 36.9 Å². The van der Waals surface area contributed by atoms with E-state index in [4.69, 9.17) is 10.0 Å². The molecule has 1 amide bonds. The van der Waals surface area contributed by atoms with Gasteiger partial charge in [0.15, 0.2) is 0 Å². The van der Waals surface area contributed by atoms with E-state index in [1.54, 1.807) is 35.2 Å². The largest absolute Gasteiger partial charge is 0.411 e. The van der Waals surface area contributed by atoms with Crippen molar-refractivity contribution in [2.45, 2.75) is 19.4 Å². The van der Waals surface area contributed by atoms with Crippen LogP contribution in [0, 0.1) is 5.82 Å². The van der Waals surface area contributed by atoms with E-state index in [0.29, 0.717) is 35.5 Å². The van der Waals surface area contributed by atoms with Crippen molar-refractivity contribution >= 4 is 17.8 Å². The normalized spacial score (nSPS) is 16.7. The van der Waals surface area contributed by atoms with E-state index >= 15 is 0 Å². The summed E-state index contributed by atoms with van der Waals surface area (Å²) in [6.07, 6.45) is 4.85. The van der Waals surface area contributed by atoms with Gasteiger partial charge in [0.25, 0.3) is 0 Å². The van der Waals surface area contributed by atoms with Crippen LogP contribution in [0.15, 0.2) is 47.0 Å². The standard InChI is InChI=1S/C17H17FN4O3/c1-11(23)19-9-14-7-16(21-25-14)13-2-3-17(15(18)6-13)22-5-4-12(10-22)8-20-24/h2-6,8,10,14,24H,7,9H2,1H3,(H,19,23)/b20-8-. The molecular formula is C17H17FN4O3. The third-order valence-corrected chi connectivity index (χ3v) is 3.79. The van der Waals surface area contributed by atoms with Crippen LogP contribution in [0.5, 0.6) is 0 Å². The monoisotopic (exact) mass is 344 g/mol. The van der Waals surface area contributed by atoms with E-state index in [2.05, 4.69) is 15.6 Å². The number of amides is 1. The number of carbonyl (C=O) groups is 1. The van der Waals surface area contributed by atoms with Gasteiger partial charge in [-0.25, -0.2) is 4.39 Å². The predicted octanol–water partition coefficient (Wildman–Crippen LogP) is 2.05. The third-order valence-electron chi connectivity index (χ3n) is 3.79. The van der Waals surface area contributed by atoms with Crippen molar-refractivity contribution in [3.05, 3.63) is 53.6 Å². The second kappa shape index (κ2) is 7.16. The van der Waals surface area contributed by atoms with Crippen molar-refractivity contribution in [3.63, 3.8) is 0 Å². The van der Waals surface area contributed by atoms with E-state index in [1.165, 1.54) is 19.2 Å². The lowest BCUT2D eigenvalue weighted by atomic mass is 10.0. The van der Waals surface area contributed by atoms with Crippen molar-refractivity contribution in [2.24, 2.45) is 10.3 Å². The summed E-state index contributed by atoms with van der Waals surface area (Å²) < 4.78 is 16.1. The summed E-state index contributed by atoms with van der Waals surface area (Å²) in [6.45, 7) is 1.80. The average molecular weight is 344 g/mol. The highest BCUT2D eigenvalue weighted by molar-refractivity contribution is 6.01. The Hall–Kier alpha value is -3.16. The molecule has 1 aromatic carbocycles. The van der Waals surface area contributed by atoms with Gasteiger partial charge in [-0.15, -0.1) is 0 Å². The number of nitrogens with zero attached hydrogens (tertiary/aromatic N) is 3. The highest BCUT2D eigenvalue weighted by atomic mass is 19.1. The topological polar surface area (TPSA) is 88.2 Å². The second-order valence-electron chi connectivity index (χ2n) is 5.67. The maximum atomic E-state index is 14.5. The fourth-order valence-corrected chi connectivity index (χ4v) is 2.57. The van der Waals surface area contributed by atoms with Crippen LogP contribution in [0.1, 0.15) is 24.5 Å². The van der Waals surface area contributed by atoms with E-state index in [1.807, 2.05) is 0 Å². The Morgan fingerprint density at radius 3 is 3.12 bits per heavy atom. The van der Waals surface area contributed by atoms with Crippen LogP contribution in [-0.4, -0.2) is 40.3 Å². The molecule has 0 spiro atoms. The van der Waals surface area contributed by atoms with Gasteiger partial charge < -0.3 is 19.9 Å². The summed E-state index contributed by atoms with van der Waals surface area (Å²) in [6, 6.07) is 6.52. The lowest BCUT2D eigenvalue weighted by Gasteiger charge is -2.08. The number of halogens is 1. The SMILES string of the molecule is CC(=O)NCC1CC(c2ccc(-n3ccc(/C=N\O)c3)c(F)c2)=NO1. The molecule has 0 aliphatic carbocycles. The molecule has 1 aromatic heterocycles. The number of rotatable bonds is 5. The minimum Gasteiger partial charge on any atom is -0.411 e. The Balaban J connectivity index is 1.73. The highest BCUT2D eigenvalue weighted by Crippen LogP contribution is 2.21. The Labute approximate surface area is 143 Å². The molecule has 8 heteroatoms. The molecule has 2 N–H and O–H groups in total. The fourth-order valence-electron chi connectivity index (χ4n) is 2.57. The summed E-state index contributed by atoms with van der Waals surface area (Å²) in [5.74, 6) is -0.543. The molecule has 0 saturated carbocycles. The molecule has 7 nitrogen and oxygen atoms in total. The van der Waals surface area contributed by atoms with Crippen molar-refractivity contribution in [2.75, 3.05) is 6.54 Å². The predicted molar refractivity (Wildman–Crippen MR) is 89.8 cm³/mol. The Morgan fingerprint density at radius 2 is 2.40 bits per heavy atom. The maximum absolute atomic E-state index is 14.5. The molecule has 1 unspecified atom stereocenters. The molecule has 0 saturated heterocycles. The molecule has 0 radical (unpaired) electrons. The summed E-state index contributed by atoms with van der Waals surface area (Å²) >= 11 is 0. The number of carbonyl (C=O) groups excluding carboxylic acids is 1. The maximum Gasteiger partial charge on any atom is 0.217 e. The van der Waals surface area contributed by atoms with Crippen molar-refractivity contribution in [1.29, 1.82) is 0 Å². The zero-order valence-corrected chi connectivity index (χ0v) is 13.5. The number of benzene rings is 1. The summed E-state index contributed by atoms with van der Waals surface area (Å²) in [7, 11) is 0. The molecule has 1 aliphatic heterocycles. The van der Waals surface area contributed by atoms with E-state index in [0.717, 1.165) is 0 Å². The molecular weight excluding hydrogens is 327 g/mol. The van der Waals surface area contributed by atoms with Crippen molar-refractivity contribution in [1.82, 2.24) is 9.88 Å². The Kier molecular flexibility index (Phi) is 4.78. The van der Waals surface area contributed by atoms with Gasteiger partial charge in [0.1, 0.15) is 11.9 Å². The smallest absolute Gasteiger partial charge is 0.217 e. The quantitative estimate of drug-likeness (QED) is 0.494. The molecule has 2 aromatic rings. The highest BCUT2D eigenvalue weighted by Gasteiger charge is 2.23. The third kappa shape index (κ3) is 3.85. The zero-order chi connectivity index (χ0) is 17.8. The first-order chi connectivity index (χ1) is 12.1. The molecule has 2 heterocycles. The van der Waals surface area contributed by atoms with Crippen LogP contribution < -0.4 is 5.32 Å². The van der Waals surface area contributed by atoms with Crippen LogP contribution in [0.2, 0.25) is 0 Å². The number of hydrogen-bond donors (Lipinski definition) is 2. The van der Waals surface area contributed by atoms with Gasteiger partial charge in [-0.2, -0.15) is 0 Å². The van der Waals surface area contributed by atoms with Gasteiger partial charge in [-0.3, -0.25) is 4.79 Å². The molecule has 0 fully saturated rings. The molecule has 0 bridgehead atoms. The van der Waals surface area contributed by atoms with Crippen LogP contribution in [0.3, 0.4) is 0 Å².